The maximum absolute atomic E-state index is 13.5. The highest BCUT2D eigenvalue weighted by molar-refractivity contribution is 9.10. The highest BCUT2D eigenvalue weighted by atomic mass is 79.9. The van der Waals surface area contributed by atoms with Gasteiger partial charge in [-0.2, -0.15) is 0 Å². The maximum Gasteiger partial charge on any atom is 0.254 e. The summed E-state index contributed by atoms with van der Waals surface area (Å²) in [6, 6.07) is 6.31. The third-order valence-corrected chi connectivity index (χ3v) is 4.80. The molecule has 0 aliphatic heterocycles. The van der Waals surface area contributed by atoms with Crippen molar-refractivity contribution in [3.63, 3.8) is 0 Å². The molecule has 0 aliphatic carbocycles. The smallest absolute Gasteiger partial charge is 0.254 e. The predicted molar refractivity (Wildman–Crippen MR) is 94.1 cm³/mol. The number of rotatable bonds is 5. The first kappa shape index (κ1) is 19.2. The standard InChI is InChI=1S/C18H18BrF2NO3/c1-10(11-5-6-13(20)14(21)7-11)22(2)18(23)12-8-15(24-3)17(19)16(9-12)25-4/h5-10H,1-4H3. The van der Waals surface area contributed by atoms with E-state index in [0.717, 1.165) is 12.1 Å². The molecule has 0 spiro atoms. The van der Waals surface area contributed by atoms with Crippen LogP contribution in [-0.4, -0.2) is 32.1 Å². The van der Waals surface area contributed by atoms with Crippen LogP contribution in [0.25, 0.3) is 0 Å². The van der Waals surface area contributed by atoms with E-state index in [4.69, 9.17) is 9.47 Å². The van der Waals surface area contributed by atoms with Gasteiger partial charge in [-0.15, -0.1) is 0 Å². The fourth-order valence-electron chi connectivity index (χ4n) is 2.37. The van der Waals surface area contributed by atoms with Gasteiger partial charge in [0.2, 0.25) is 0 Å². The van der Waals surface area contributed by atoms with Gasteiger partial charge in [0.15, 0.2) is 11.6 Å². The Bertz CT molecular complexity index is 773. The van der Waals surface area contributed by atoms with Crippen LogP contribution >= 0.6 is 15.9 Å². The molecule has 1 atom stereocenters. The van der Waals surface area contributed by atoms with Crippen LogP contribution in [0.15, 0.2) is 34.8 Å². The van der Waals surface area contributed by atoms with Crippen LogP contribution in [0.1, 0.15) is 28.9 Å². The summed E-state index contributed by atoms with van der Waals surface area (Å²) in [6.45, 7) is 1.73. The fourth-order valence-corrected chi connectivity index (χ4v) is 2.92. The van der Waals surface area contributed by atoms with Crippen molar-refractivity contribution in [3.05, 3.63) is 57.6 Å². The Kier molecular flexibility index (Phi) is 6.00. The lowest BCUT2D eigenvalue weighted by Crippen LogP contribution is -2.29. The molecule has 1 unspecified atom stereocenters. The molecule has 0 heterocycles. The lowest BCUT2D eigenvalue weighted by molar-refractivity contribution is 0.0741. The number of amides is 1. The molecule has 0 radical (unpaired) electrons. The minimum atomic E-state index is -0.947. The van der Waals surface area contributed by atoms with E-state index in [1.807, 2.05) is 0 Å². The van der Waals surface area contributed by atoms with Gasteiger partial charge < -0.3 is 14.4 Å². The normalized spacial score (nSPS) is 11.8. The van der Waals surface area contributed by atoms with E-state index < -0.39 is 17.7 Å². The van der Waals surface area contributed by atoms with Crippen LogP contribution in [0.5, 0.6) is 11.5 Å². The summed E-state index contributed by atoms with van der Waals surface area (Å²) >= 11 is 3.35. The minimum Gasteiger partial charge on any atom is -0.495 e. The molecule has 0 saturated carbocycles. The Morgan fingerprint density at radius 3 is 2.12 bits per heavy atom. The number of hydrogen-bond acceptors (Lipinski definition) is 3. The van der Waals surface area contributed by atoms with Gasteiger partial charge in [-0.05, 0) is 52.7 Å². The lowest BCUT2D eigenvalue weighted by atomic mass is 10.1. The molecule has 0 saturated heterocycles. The molecule has 134 valence electrons. The van der Waals surface area contributed by atoms with Crippen molar-refractivity contribution in [2.24, 2.45) is 0 Å². The Morgan fingerprint density at radius 2 is 1.64 bits per heavy atom. The molecule has 1 amide bonds. The summed E-state index contributed by atoms with van der Waals surface area (Å²) in [4.78, 5) is 14.2. The van der Waals surface area contributed by atoms with E-state index in [-0.39, 0.29) is 5.91 Å². The van der Waals surface area contributed by atoms with Gasteiger partial charge in [0.25, 0.3) is 5.91 Å². The highest BCUT2D eigenvalue weighted by Gasteiger charge is 2.22. The summed E-state index contributed by atoms with van der Waals surface area (Å²) in [6.07, 6.45) is 0. The van der Waals surface area contributed by atoms with Crippen molar-refractivity contribution >= 4 is 21.8 Å². The van der Waals surface area contributed by atoms with Gasteiger partial charge in [0, 0.05) is 12.6 Å². The zero-order valence-corrected chi connectivity index (χ0v) is 15.9. The molecule has 7 heteroatoms. The third kappa shape index (κ3) is 3.92. The van der Waals surface area contributed by atoms with E-state index in [1.54, 1.807) is 26.1 Å². The Hall–Kier alpha value is -2.15. The van der Waals surface area contributed by atoms with E-state index >= 15 is 0 Å². The lowest BCUT2D eigenvalue weighted by Gasteiger charge is -2.26. The molecule has 0 aromatic heterocycles. The molecule has 0 bridgehead atoms. The van der Waals surface area contributed by atoms with Crippen LogP contribution in [0.2, 0.25) is 0 Å². The predicted octanol–water partition coefficient (Wildman–Crippen LogP) is 4.58. The summed E-state index contributed by atoms with van der Waals surface area (Å²) in [5.74, 6) is -1.26. The average molecular weight is 414 g/mol. The molecular formula is C18H18BrF2NO3. The number of methoxy groups -OCH3 is 2. The Morgan fingerprint density at radius 1 is 1.08 bits per heavy atom. The van der Waals surface area contributed by atoms with E-state index in [1.165, 1.54) is 25.2 Å². The summed E-state index contributed by atoms with van der Waals surface area (Å²) in [5.41, 5.74) is 0.847. The first-order valence-electron chi connectivity index (χ1n) is 7.43. The van der Waals surface area contributed by atoms with Crippen LogP contribution in [-0.2, 0) is 0 Å². The summed E-state index contributed by atoms with van der Waals surface area (Å²) < 4.78 is 37.6. The second kappa shape index (κ2) is 7.82. The van der Waals surface area contributed by atoms with Crippen LogP contribution in [0, 0.1) is 11.6 Å². The number of hydrogen-bond donors (Lipinski definition) is 0. The molecule has 2 aromatic carbocycles. The monoisotopic (exact) mass is 413 g/mol. The highest BCUT2D eigenvalue weighted by Crippen LogP contribution is 2.36. The summed E-state index contributed by atoms with van der Waals surface area (Å²) in [7, 11) is 4.57. The third-order valence-electron chi connectivity index (χ3n) is 4.02. The van der Waals surface area contributed by atoms with Gasteiger partial charge in [-0.1, -0.05) is 6.07 Å². The van der Waals surface area contributed by atoms with E-state index in [0.29, 0.717) is 27.1 Å². The van der Waals surface area contributed by atoms with Crippen molar-refractivity contribution in [3.8, 4) is 11.5 Å². The topological polar surface area (TPSA) is 38.8 Å². The van der Waals surface area contributed by atoms with Crippen molar-refractivity contribution < 1.29 is 23.0 Å². The fraction of sp³-hybridized carbons (Fsp3) is 0.278. The Balaban J connectivity index is 2.34. The number of halogens is 3. The molecule has 4 nitrogen and oxygen atoms in total. The van der Waals surface area contributed by atoms with Gasteiger partial charge in [-0.3, -0.25) is 4.79 Å². The quantitative estimate of drug-likeness (QED) is 0.719. The van der Waals surface area contributed by atoms with Crippen LogP contribution in [0.3, 0.4) is 0 Å². The molecule has 2 rings (SSSR count). The minimum absolute atomic E-state index is 0.304. The molecule has 0 aliphatic rings. The van der Waals surface area contributed by atoms with Crippen molar-refractivity contribution in [1.82, 2.24) is 4.90 Å². The van der Waals surface area contributed by atoms with Gasteiger partial charge in [0.1, 0.15) is 16.0 Å². The number of ether oxygens (including phenoxy) is 2. The van der Waals surface area contributed by atoms with Crippen molar-refractivity contribution in [2.75, 3.05) is 21.3 Å². The molecule has 0 N–H and O–H groups in total. The van der Waals surface area contributed by atoms with Crippen LogP contribution in [0.4, 0.5) is 8.78 Å². The van der Waals surface area contributed by atoms with Gasteiger partial charge in [0.05, 0.1) is 20.3 Å². The van der Waals surface area contributed by atoms with E-state index in [2.05, 4.69) is 15.9 Å². The number of nitrogens with zero attached hydrogens (tertiary/aromatic N) is 1. The first-order chi connectivity index (χ1) is 11.8. The van der Waals surface area contributed by atoms with Crippen molar-refractivity contribution in [2.45, 2.75) is 13.0 Å². The van der Waals surface area contributed by atoms with Crippen LogP contribution < -0.4 is 9.47 Å². The number of carbonyl (C=O) groups is 1. The van der Waals surface area contributed by atoms with Crippen molar-refractivity contribution in [1.29, 1.82) is 0 Å². The Labute approximate surface area is 153 Å². The molecule has 25 heavy (non-hydrogen) atoms. The average Bonchev–Trinajstić information content (AvgIpc) is 2.62. The number of carbonyl (C=O) groups excluding carboxylic acids is 1. The molecule has 0 fully saturated rings. The summed E-state index contributed by atoms with van der Waals surface area (Å²) in [5, 5.41) is 0. The molecule has 2 aromatic rings. The van der Waals surface area contributed by atoms with Gasteiger partial charge in [-0.25, -0.2) is 8.78 Å². The zero-order valence-electron chi connectivity index (χ0n) is 14.3. The number of benzene rings is 2. The largest absolute Gasteiger partial charge is 0.495 e. The molecular weight excluding hydrogens is 396 g/mol. The van der Waals surface area contributed by atoms with E-state index in [9.17, 15) is 13.6 Å². The second-order valence-corrected chi connectivity index (χ2v) is 6.25. The first-order valence-corrected chi connectivity index (χ1v) is 8.23. The SMILES string of the molecule is COc1cc(C(=O)N(C)C(C)c2ccc(F)c(F)c2)cc(OC)c1Br. The maximum atomic E-state index is 13.5. The second-order valence-electron chi connectivity index (χ2n) is 5.46. The van der Waals surface area contributed by atoms with Gasteiger partial charge >= 0.3 is 0 Å². The zero-order chi connectivity index (χ0) is 18.7.